The van der Waals surface area contributed by atoms with Crippen molar-refractivity contribution in [3.8, 4) is 0 Å². The molecule has 0 spiro atoms. The van der Waals surface area contributed by atoms with Gasteiger partial charge in [0.15, 0.2) is 5.82 Å². The standard InChI is InChI=1S/C27H34ClN3/c1-19-20(2)31(18-23-11-6-7-13-25(23)28)26-24(19)14-15-29-27(26)30-16-8-12-22(17-30)21-9-4-3-5-10-21/h6-7,11,13-15,21-22H,3-5,8-10,12,16-18H2,1-2H3. The van der Waals surface area contributed by atoms with Crippen LogP contribution in [0.5, 0.6) is 0 Å². The molecule has 1 aromatic carbocycles. The third kappa shape index (κ3) is 3.98. The molecule has 2 fully saturated rings. The van der Waals surface area contributed by atoms with Crippen LogP contribution in [0.1, 0.15) is 61.8 Å². The van der Waals surface area contributed by atoms with Gasteiger partial charge in [0.25, 0.3) is 0 Å². The number of pyridine rings is 1. The smallest absolute Gasteiger partial charge is 0.153 e. The second-order valence-electron chi connectivity index (χ2n) is 9.67. The molecule has 3 nitrogen and oxygen atoms in total. The van der Waals surface area contributed by atoms with Crippen LogP contribution in [0.4, 0.5) is 5.82 Å². The van der Waals surface area contributed by atoms with Gasteiger partial charge in [-0.05, 0) is 61.8 Å². The van der Waals surface area contributed by atoms with E-state index in [4.69, 9.17) is 16.6 Å². The molecule has 164 valence electrons. The number of aryl methyl sites for hydroxylation is 1. The summed E-state index contributed by atoms with van der Waals surface area (Å²) in [4.78, 5) is 7.55. The molecule has 31 heavy (non-hydrogen) atoms. The molecule has 0 N–H and O–H groups in total. The van der Waals surface area contributed by atoms with Crippen LogP contribution in [0.15, 0.2) is 36.5 Å². The topological polar surface area (TPSA) is 21.1 Å². The van der Waals surface area contributed by atoms with Crippen LogP contribution in [0.3, 0.4) is 0 Å². The Morgan fingerprint density at radius 2 is 1.74 bits per heavy atom. The number of hydrogen-bond donors (Lipinski definition) is 0. The SMILES string of the molecule is Cc1c(C)n(Cc2ccccc2Cl)c2c(N3CCCC(C4CCCCC4)C3)nccc12. The van der Waals surface area contributed by atoms with Gasteiger partial charge in [-0.3, -0.25) is 0 Å². The summed E-state index contributed by atoms with van der Waals surface area (Å²) in [6.07, 6.45) is 11.8. The predicted molar refractivity (Wildman–Crippen MR) is 131 cm³/mol. The van der Waals surface area contributed by atoms with Gasteiger partial charge in [-0.2, -0.15) is 0 Å². The fourth-order valence-electron chi connectivity index (χ4n) is 6.00. The maximum absolute atomic E-state index is 6.54. The quantitative estimate of drug-likeness (QED) is 0.433. The zero-order chi connectivity index (χ0) is 21.4. The van der Waals surface area contributed by atoms with Crippen LogP contribution in [-0.4, -0.2) is 22.6 Å². The average Bonchev–Trinajstić information content (AvgIpc) is 3.06. The number of halogens is 1. The Bertz CT molecular complexity index is 1060. The molecule has 1 saturated heterocycles. The molecule has 0 amide bonds. The Morgan fingerprint density at radius 3 is 2.55 bits per heavy atom. The zero-order valence-corrected chi connectivity index (χ0v) is 19.7. The van der Waals surface area contributed by atoms with Crippen molar-refractivity contribution in [3.63, 3.8) is 0 Å². The molecule has 3 heterocycles. The van der Waals surface area contributed by atoms with E-state index in [-0.39, 0.29) is 0 Å². The van der Waals surface area contributed by atoms with E-state index in [2.05, 4.69) is 41.5 Å². The van der Waals surface area contributed by atoms with E-state index in [1.165, 1.54) is 72.9 Å². The zero-order valence-electron chi connectivity index (χ0n) is 18.9. The van der Waals surface area contributed by atoms with Gasteiger partial charge in [-0.15, -0.1) is 0 Å². The number of rotatable bonds is 4. The summed E-state index contributed by atoms with van der Waals surface area (Å²) < 4.78 is 2.44. The number of aromatic nitrogens is 2. The van der Waals surface area contributed by atoms with Gasteiger partial charge in [0.1, 0.15) is 0 Å². The largest absolute Gasteiger partial charge is 0.355 e. The molecule has 1 aliphatic carbocycles. The normalized spacial score (nSPS) is 20.5. The van der Waals surface area contributed by atoms with E-state index in [9.17, 15) is 0 Å². The number of hydrogen-bond acceptors (Lipinski definition) is 2. The average molecular weight is 436 g/mol. The molecule has 3 aromatic rings. The highest BCUT2D eigenvalue weighted by atomic mass is 35.5. The van der Waals surface area contributed by atoms with Crippen molar-refractivity contribution in [3.05, 3.63) is 58.4 Å². The van der Waals surface area contributed by atoms with Crippen LogP contribution in [-0.2, 0) is 6.54 Å². The lowest BCUT2D eigenvalue weighted by Gasteiger charge is -2.39. The van der Waals surface area contributed by atoms with Gasteiger partial charge in [0.05, 0.1) is 5.52 Å². The van der Waals surface area contributed by atoms with Gasteiger partial charge in [0, 0.05) is 41.9 Å². The van der Waals surface area contributed by atoms with Crippen LogP contribution >= 0.6 is 11.6 Å². The van der Waals surface area contributed by atoms with Gasteiger partial charge < -0.3 is 9.47 Å². The molecule has 1 saturated carbocycles. The van der Waals surface area contributed by atoms with Crippen molar-refractivity contribution in [1.29, 1.82) is 0 Å². The third-order valence-electron chi connectivity index (χ3n) is 7.89. The highest BCUT2D eigenvalue weighted by Gasteiger charge is 2.30. The molecule has 0 radical (unpaired) electrons. The molecule has 2 aliphatic rings. The van der Waals surface area contributed by atoms with Crippen molar-refractivity contribution in [2.24, 2.45) is 11.8 Å². The molecule has 5 rings (SSSR count). The van der Waals surface area contributed by atoms with Gasteiger partial charge >= 0.3 is 0 Å². The van der Waals surface area contributed by atoms with E-state index in [0.29, 0.717) is 0 Å². The molecular weight excluding hydrogens is 402 g/mol. The first-order valence-corrected chi connectivity index (χ1v) is 12.4. The lowest BCUT2D eigenvalue weighted by Crippen LogP contribution is -2.39. The maximum Gasteiger partial charge on any atom is 0.153 e. The minimum atomic E-state index is 0.786. The minimum absolute atomic E-state index is 0.786. The van der Waals surface area contributed by atoms with Crippen molar-refractivity contribution in [2.45, 2.75) is 65.3 Å². The molecule has 1 atom stereocenters. The molecule has 4 heteroatoms. The van der Waals surface area contributed by atoms with Crippen molar-refractivity contribution < 1.29 is 0 Å². The number of piperidine rings is 1. The predicted octanol–water partition coefficient (Wildman–Crippen LogP) is 7.15. The number of benzene rings is 1. The summed E-state index contributed by atoms with van der Waals surface area (Å²) in [6, 6.07) is 10.4. The summed E-state index contributed by atoms with van der Waals surface area (Å²) in [5, 5.41) is 2.16. The number of fused-ring (bicyclic) bond motifs is 1. The highest BCUT2D eigenvalue weighted by molar-refractivity contribution is 6.31. The summed E-state index contributed by atoms with van der Waals surface area (Å²) in [6.45, 7) is 7.54. The second kappa shape index (κ2) is 8.86. The number of nitrogens with zero attached hydrogens (tertiary/aromatic N) is 3. The van der Waals surface area contributed by atoms with Crippen molar-refractivity contribution in [1.82, 2.24) is 9.55 Å². The van der Waals surface area contributed by atoms with Crippen molar-refractivity contribution >= 4 is 28.3 Å². The Kier molecular flexibility index (Phi) is 5.97. The lowest BCUT2D eigenvalue weighted by atomic mass is 9.76. The van der Waals surface area contributed by atoms with Crippen molar-refractivity contribution in [2.75, 3.05) is 18.0 Å². The lowest BCUT2D eigenvalue weighted by molar-refractivity contribution is 0.220. The van der Waals surface area contributed by atoms with E-state index < -0.39 is 0 Å². The summed E-state index contributed by atoms with van der Waals surface area (Å²) in [7, 11) is 0. The maximum atomic E-state index is 6.54. The minimum Gasteiger partial charge on any atom is -0.355 e. The van der Waals surface area contributed by atoms with Crippen LogP contribution < -0.4 is 4.90 Å². The fraction of sp³-hybridized carbons (Fsp3) is 0.519. The molecule has 2 aromatic heterocycles. The van der Waals surface area contributed by atoms with E-state index >= 15 is 0 Å². The molecule has 0 bridgehead atoms. The number of anilines is 1. The summed E-state index contributed by atoms with van der Waals surface area (Å²) in [5.74, 6) is 2.90. The fourth-order valence-corrected chi connectivity index (χ4v) is 6.19. The molecule has 1 aliphatic heterocycles. The van der Waals surface area contributed by atoms with E-state index in [1.807, 2.05) is 18.3 Å². The molecule has 1 unspecified atom stereocenters. The van der Waals surface area contributed by atoms with Gasteiger partial charge in [0.2, 0.25) is 0 Å². The Hall–Kier alpha value is -2.00. The van der Waals surface area contributed by atoms with Crippen LogP contribution in [0.25, 0.3) is 10.9 Å². The first kappa shape index (κ1) is 20.9. The first-order valence-electron chi connectivity index (χ1n) is 12.1. The van der Waals surface area contributed by atoms with Crippen LogP contribution in [0.2, 0.25) is 5.02 Å². The summed E-state index contributed by atoms with van der Waals surface area (Å²) >= 11 is 6.54. The second-order valence-corrected chi connectivity index (χ2v) is 10.1. The van der Waals surface area contributed by atoms with E-state index in [0.717, 1.165) is 42.1 Å². The summed E-state index contributed by atoms with van der Waals surface area (Å²) in [5.41, 5.74) is 5.11. The monoisotopic (exact) mass is 435 g/mol. The molecular formula is C27H34ClN3. The Balaban J connectivity index is 1.53. The first-order chi connectivity index (χ1) is 15.1. The Labute approximate surface area is 191 Å². The third-order valence-corrected chi connectivity index (χ3v) is 8.26. The van der Waals surface area contributed by atoms with Gasteiger partial charge in [-0.1, -0.05) is 61.9 Å². The van der Waals surface area contributed by atoms with E-state index in [1.54, 1.807) is 0 Å². The highest BCUT2D eigenvalue weighted by Crippen LogP contribution is 2.38. The van der Waals surface area contributed by atoms with Gasteiger partial charge in [-0.25, -0.2) is 4.98 Å². The van der Waals surface area contributed by atoms with Crippen LogP contribution in [0, 0.1) is 25.7 Å². The Morgan fingerprint density at radius 1 is 0.968 bits per heavy atom.